The lowest BCUT2D eigenvalue weighted by atomic mass is 10.2. The maximum absolute atomic E-state index is 12.5. The van der Waals surface area contributed by atoms with E-state index in [2.05, 4.69) is 15.9 Å². The van der Waals surface area contributed by atoms with Gasteiger partial charge in [0.1, 0.15) is 0 Å². The molecular formula is C12H18BrClN2O2S. The molecule has 0 saturated heterocycles. The summed E-state index contributed by atoms with van der Waals surface area (Å²) in [5.74, 6) is 0.418. The molecule has 0 bridgehead atoms. The Labute approximate surface area is 128 Å². The van der Waals surface area contributed by atoms with Crippen LogP contribution < -0.4 is 5.73 Å². The molecule has 1 aliphatic carbocycles. The highest BCUT2D eigenvalue weighted by Gasteiger charge is 2.38. The number of halogens is 2. The van der Waals surface area contributed by atoms with E-state index in [1.165, 1.54) is 4.31 Å². The molecule has 108 valence electrons. The molecule has 2 N–H and O–H groups in total. The highest BCUT2D eigenvalue weighted by molar-refractivity contribution is 9.10. The third kappa shape index (κ3) is 3.70. The van der Waals surface area contributed by atoms with Crippen molar-refractivity contribution < 1.29 is 8.42 Å². The van der Waals surface area contributed by atoms with Crippen LogP contribution in [-0.2, 0) is 10.0 Å². The molecule has 1 atom stereocenters. The van der Waals surface area contributed by atoms with Gasteiger partial charge >= 0.3 is 0 Å². The molecule has 2 rings (SSSR count). The lowest BCUT2D eigenvalue weighted by molar-refractivity contribution is 0.340. The molecule has 4 nitrogen and oxygen atoms in total. The summed E-state index contributed by atoms with van der Waals surface area (Å²) in [6.07, 6.45) is 2.14. The van der Waals surface area contributed by atoms with Crippen molar-refractivity contribution in [1.82, 2.24) is 4.31 Å². The van der Waals surface area contributed by atoms with Crippen LogP contribution in [-0.4, -0.2) is 32.4 Å². The predicted molar refractivity (Wildman–Crippen MR) is 81.9 cm³/mol. The van der Waals surface area contributed by atoms with E-state index in [1.807, 2.05) is 0 Å². The van der Waals surface area contributed by atoms with Gasteiger partial charge in [-0.3, -0.25) is 0 Å². The van der Waals surface area contributed by atoms with Crippen LogP contribution in [0.1, 0.15) is 12.8 Å². The topological polar surface area (TPSA) is 63.4 Å². The van der Waals surface area contributed by atoms with Crippen molar-refractivity contribution in [3.8, 4) is 0 Å². The van der Waals surface area contributed by atoms with E-state index < -0.39 is 10.0 Å². The quantitative estimate of drug-likeness (QED) is 0.865. The first-order valence-corrected chi connectivity index (χ1v) is 8.14. The fraction of sp³-hybridized carbons (Fsp3) is 0.500. The van der Waals surface area contributed by atoms with E-state index in [4.69, 9.17) is 5.73 Å². The monoisotopic (exact) mass is 368 g/mol. The first-order valence-electron chi connectivity index (χ1n) is 5.90. The van der Waals surface area contributed by atoms with Gasteiger partial charge in [-0.25, -0.2) is 8.42 Å². The van der Waals surface area contributed by atoms with Crippen LogP contribution in [0.4, 0.5) is 0 Å². The van der Waals surface area contributed by atoms with E-state index in [-0.39, 0.29) is 18.4 Å². The Bertz CT molecular complexity index is 534. The third-order valence-electron chi connectivity index (χ3n) is 3.35. The zero-order valence-corrected chi connectivity index (χ0v) is 13.8. The average molecular weight is 370 g/mol. The number of sulfonamides is 1. The normalized spacial score (nSPS) is 17.1. The maximum atomic E-state index is 12.5. The van der Waals surface area contributed by atoms with Gasteiger partial charge in [0.05, 0.1) is 4.90 Å². The van der Waals surface area contributed by atoms with E-state index >= 15 is 0 Å². The molecule has 0 aliphatic heterocycles. The second-order valence-corrected chi connectivity index (χ2v) is 7.53. The number of likely N-dealkylation sites (N-methyl/N-ethyl adjacent to an activating group) is 1. The number of hydrogen-bond donors (Lipinski definition) is 1. The predicted octanol–water partition coefficient (Wildman–Crippen LogP) is 2.23. The van der Waals surface area contributed by atoms with Gasteiger partial charge in [-0.1, -0.05) is 22.0 Å². The van der Waals surface area contributed by atoms with Crippen LogP contribution in [0.2, 0.25) is 0 Å². The lowest BCUT2D eigenvalue weighted by Gasteiger charge is -2.26. The number of benzene rings is 1. The molecule has 0 heterocycles. The summed E-state index contributed by atoms with van der Waals surface area (Å²) in [5.41, 5.74) is 5.70. The molecule has 0 amide bonds. The zero-order chi connectivity index (χ0) is 13.3. The fourth-order valence-corrected chi connectivity index (χ4v) is 4.12. The SMILES string of the molecule is CN(C(CN)C1CC1)S(=O)(=O)c1cccc(Br)c1.Cl. The highest BCUT2D eigenvalue weighted by Crippen LogP contribution is 2.36. The molecule has 0 radical (unpaired) electrons. The van der Waals surface area contributed by atoms with Crippen LogP contribution in [0.15, 0.2) is 33.6 Å². The summed E-state index contributed by atoms with van der Waals surface area (Å²) in [6.45, 7) is 0.369. The standard InChI is InChI=1S/C12H17BrN2O2S.ClH/c1-15(12(8-14)9-5-6-9)18(16,17)11-4-2-3-10(13)7-11;/h2-4,7,9,12H,5-6,8,14H2,1H3;1H. The molecular weight excluding hydrogens is 352 g/mol. The summed E-state index contributed by atoms with van der Waals surface area (Å²) in [4.78, 5) is 0.304. The van der Waals surface area contributed by atoms with Crippen molar-refractivity contribution in [3.05, 3.63) is 28.7 Å². The Kier molecular flexibility index (Phi) is 5.82. The maximum Gasteiger partial charge on any atom is 0.243 e. The van der Waals surface area contributed by atoms with Crippen molar-refractivity contribution in [2.24, 2.45) is 11.7 Å². The van der Waals surface area contributed by atoms with Gasteiger partial charge < -0.3 is 5.73 Å². The second-order valence-electron chi connectivity index (χ2n) is 4.62. The van der Waals surface area contributed by atoms with Gasteiger partial charge in [-0.2, -0.15) is 4.31 Å². The molecule has 0 spiro atoms. The molecule has 0 aromatic heterocycles. The van der Waals surface area contributed by atoms with Crippen molar-refractivity contribution >= 4 is 38.4 Å². The van der Waals surface area contributed by atoms with Gasteiger partial charge in [0.25, 0.3) is 0 Å². The third-order valence-corrected chi connectivity index (χ3v) is 5.72. The Morgan fingerprint density at radius 2 is 2.11 bits per heavy atom. The second kappa shape index (κ2) is 6.54. The van der Waals surface area contributed by atoms with Gasteiger partial charge in [0.2, 0.25) is 10.0 Å². The Morgan fingerprint density at radius 1 is 1.47 bits per heavy atom. The lowest BCUT2D eigenvalue weighted by Crippen LogP contribution is -2.43. The van der Waals surface area contributed by atoms with Crippen molar-refractivity contribution in [1.29, 1.82) is 0 Å². The molecule has 1 unspecified atom stereocenters. The van der Waals surface area contributed by atoms with Gasteiger partial charge in [0, 0.05) is 24.1 Å². The molecule has 1 aromatic carbocycles. The summed E-state index contributed by atoms with van der Waals surface area (Å²) >= 11 is 3.29. The Hall–Kier alpha value is -0.140. The van der Waals surface area contributed by atoms with Crippen LogP contribution in [0, 0.1) is 5.92 Å². The largest absolute Gasteiger partial charge is 0.329 e. The van der Waals surface area contributed by atoms with Crippen molar-refractivity contribution in [2.45, 2.75) is 23.8 Å². The van der Waals surface area contributed by atoms with Gasteiger partial charge in [-0.15, -0.1) is 12.4 Å². The van der Waals surface area contributed by atoms with Crippen LogP contribution in [0.25, 0.3) is 0 Å². The van der Waals surface area contributed by atoms with E-state index in [1.54, 1.807) is 31.3 Å². The van der Waals surface area contributed by atoms with Crippen molar-refractivity contribution in [2.75, 3.05) is 13.6 Å². The van der Waals surface area contributed by atoms with Crippen LogP contribution in [0.5, 0.6) is 0 Å². The van der Waals surface area contributed by atoms with Gasteiger partial charge in [-0.05, 0) is 37.0 Å². The average Bonchev–Trinajstić information content (AvgIpc) is 3.14. The minimum Gasteiger partial charge on any atom is -0.329 e. The van der Waals surface area contributed by atoms with Gasteiger partial charge in [0.15, 0.2) is 0 Å². The number of nitrogens with zero attached hydrogens (tertiary/aromatic N) is 1. The number of hydrogen-bond acceptors (Lipinski definition) is 3. The number of nitrogens with two attached hydrogens (primary N) is 1. The van der Waals surface area contributed by atoms with Crippen LogP contribution >= 0.6 is 28.3 Å². The Morgan fingerprint density at radius 3 is 2.58 bits per heavy atom. The van der Waals surface area contributed by atoms with E-state index in [9.17, 15) is 8.42 Å². The zero-order valence-electron chi connectivity index (χ0n) is 10.6. The smallest absolute Gasteiger partial charge is 0.243 e. The van der Waals surface area contributed by atoms with E-state index in [0.717, 1.165) is 17.3 Å². The van der Waals surface area contributed by atoms with Crippen LogP contribution in [0.3, 0.4) is 0 Å². The first-order chi connectivity index (χ1) is 8.46. The number of rotatable bonds is 5. The van der Waals surface area contributed by atoms with E-state index in [0.29, 0.717) is 17.4 Å². The molecule has 1 saturated carbocycles. The highest BCUT2D eigenvalue weighted by atomic mass is 79.9. The Balaban J connectivity index is 0.00000180. The summed E-state index contributed by atoms with van der Waals surface area (Å²) in [6, 6.07) is 6.66. The summed E-state index contributed by atoms with van der Waals surface area (Å²) in [5, 5.41) is 0. The molecule has 1 aliphatic rings. The summed E-state index contributed by atoms with van der Waals surface area (Å²) < 4.78 is 27.1. The fourth-order valence-electron chi connectivity index (χ4n) is 2.09. The molecule has 7 heteroatoms. The molecule has 1 aromatic rings. The minimum atomic E-state index is -3.45. The van der Waals surface area contributed by atoms with Crippen molar-refractivity contribution in [3.63, 3.8) is 0 Å². The molecule has 19 heavy (non-hydrogen) atoms. The molecule has 1 fully saturated rings. The minimum absolute atomic E-state index is 0. The first kappa shape index (κ1) is 16.9. The summed E-state index contributed by atoms with van der Waals surface area (Å²) in [7, 11) is -1.84.